The molecule has 3 aromatic carbocycles. The van der Waals surface area contributed by atoms with Crippen molar-refractivity contribution in [2.45, 2.75) is 10.9 Å². The quantitative estimate of drug-likeness (QED) is 0.287. The minimum absolute atomic E-state index is 0.487. The summed E-state index contributed by atoms with van der Waals surface area (Å²) in [6.07, 6.45) is 1.98. The lowest BCUT2D eigenvalue weighted by molar-refractivity contribution is 0.414. The van der Waals surface area contributed by atoms with E-state index in [2.05, 4.69) is 6.07 Å². The van der Waals surface area contributed by atoms with E-state index in [0.29, 0.717) is 21.4 Å². The molecule has 0 N–H and O–H groups in total. The number of thioether (sulfide) groups is 1. The molecule has 0 unspecified atom stereocenters. The molecule has 0 saturated carbocycles. The summed E-state index contributed by atoms with van der Waals surface area (Å²) in [7, 11) is 1.64. The van der Waals surface area contributed by atoms with Crippen molar-refractivity contribution in [2.24, 2.45) is 0 Å². The Morgan fingerprint density at radius 2 is 1.84 bits per heavy atom. The van der Waals surface area contributed by atoms with Crippen molar-refractivity contribution in [1.82, 2.24) is 9.55 Å². The van der Waals surface area contributed by atoms with Crippen LogP contribution in [0.25, 0.3) is 16.9 Å². The van der Waals surface area contributed by atoms with Gasteiger partial charge in [-0.05, 0) is 54.1 Å². The number of halogens is 2. The van der Waals surface area contributed by atoms with Gasteiger partial charge in [0.25, 0.3) is 0 Å². The van der Waals surface area contributed by atoms with Crippen LogP contribution in [-0.2, 0) is 5.75 Å². The monoisotopic (exact) mass is 465 g/mol. The first-order valence-corrected chi connectivity index (χ1v) is 11.1. The van der Waals surface area contributed by atoms with Crippen molar-refractivity contribution in [2.75, 3.05) is 7.11 Å². The van der Waals surface area contributed by atoms with Crippen LogP contribution in [0.5, 0.6) is 5.75 Å². The number of hydrogen-bond acceptors (Lipinski definition) is 4. The minimum Gasteiger partial charge on any atom is -0.497 e. The van der Waals surface area contributed by atoms with Crippen molar-refractivity contribution < 1.29 is 4.74 Å². The number of rotatable bonds is 6. The van der Waals surface area contributed by atoms with Crippen molar-refractivity contribution in [3.63, 3.8) is 0 Å². The molecule has 0 aliphatic rings. The molecule has 4 nitrogen and oxygen atoms in total. The van der Waals surface area contributed by atoms with Crippen molar-refractivity contribution in [1.29, 1.82) is 5.26 Å². The molecule has 154 valence electrons. The van der Waals surface area contributed by atoms with E-state index in [1.54, 1.807) is 31.0 Å². The molecule has 1 heterocycles. The van der Waals surface area contributed by atoms with Gasteiger partial charge in [-0.2, -0.15) is 5.26 Å². The van der Waals surface area contributed by atoms with E-state index in [9.17, 15) is 0 Å². The topological polar surface area (TPSA) is 50.8 Å². The summed E-state index contributed by atoms with van der Waals surface area (Å²) >= 11 is 13.9. The molecule has 4 rings (SSSR count). The molecule has 0 aliphatic carbocycles. The molecule has 4 aromatic rings. The first-order chi connectivity index (χ1) is 15.1. The van der Waals surface area contributed by atoms with Crippen LogP contribution in [0.2, 0.25) is 10.0 Å². The number of nitriles is 1. The number of aromatic nitrogens is 2. The molecule has 0 aliphatic heterocycles. The van der Waals surface area contributed by atoms with Gasteiger partial charge in [0, 0.05) is 23.2 Å². The molecule has 31 heavy (non-hydrogen) atoms. The largest absolute Gasteiger partial charge is 0.497 e. The summed E-state index contributed by atoms with van der Waals surface area (Å²) in [6, 6.07) is 23.1. The number of methoxy groups -OCH3 is 1. The van der Waals surface area contributed by atoms with Crippen LogP contribution in [-0.4, -0.2) is 16.7 Å². The van der Waals surface area contributed by atoms with Gasteiger partial charge in [-0.1, -0.05) is 53.2 Å². The second-order valence-electron chi connectivity index (χ2n) is 6.71. The average molecular weight is 466 g/mol. The Morgan fingerprint density at radius 3 is 2.55 bits per heavy atom. The summed E-state index contributed by atoms with van der Waals surface area (Å²) < 4.78 is 7.32. The zero-order chi connectivity index (χ0) is 21.8. The van der Waals surface area contributed by atoms with E-state index in [1.165, 1.54) is 0 Å². The molecule has 0 radical (unpaired) electrons. The van der Waals surface area contributed by atoms with E-state index in [1.807, 2.05) is 65.4 Å². The van der Waals surface area contributed by atoms with Gasteiger partial charge < -0.3 is 4.74 Å². The smallest absolute Gasteiger partial charge is 0.173 e. The van der Waals surface area contributed by atoms with Gasteiger partial charge in [0.15, 0.2) is 5.16 Å². The highest BCUT2D eigenvalue weighted by atomic mass is 35.5. The van der Waals surface area contributed by atoms with Gasteiger partial charge in [-0.25, -0.2) is 4.98 Å². The molecular formula is C24H17Cl2N3OS. The molecule has 0 spiro atoms. The van der Waals surface area contributed by atoms with Crippen molar-refractivity contribution >= 4 is 35.0 Å². The molecule has 0 amide bonds. The summed E-state index contributed by atoms with van der Waals surface area (Å²) in [5.74, 6) is 1.47. The van der Waals surface area contributed by atoms with Crippen LogP contribution in [0.1, 0.15) is 11.1 Å². The highest BCUT2D eigenvalue weighted by Crippen LogP contribution is 2.32. The van der Waals surface area contributed by atoms with E-state index >= 15 is 0 Å². The van der Waals surface area contributed by atoms with Crippen LogP contribution >= 0.6 is 35.0 Å². The fourth-order valence-corrected chi connectivity index (χ4v) is 4.30. The average Bonchev–Trinajstić information content (AvgIpc) is 3.24. The Balaban J connectivity index is 1.71. The zero-order valence-electron chi connectivity index (χ0n) is 16.5. The van der Waals surface area contributed by atoms with Gasteiger partial charge in [-0.3, -0.25) is 4.57 Å². The van der Waals surface area contributed by atoms with Crippen LogP contribution in [0.15, 0.2) is 78.1 Å². The van der Waals surface area contributed by atoms with E-state index in [4.69, 9.17) is 38.2 Å². The van der Waals surface area contributed by atoms with Gasteiger partial charge in [0.1, 0.15) is 5.75 Å². The van der Waals surface area contributed by atoms with Crippen molar-refractivity contribution in [3.8, 4) is 28.8 Å². The Hall–Kier alpha value is -2.91. The third kappa shape index (κ3) is 4.88. The molecule has 0 fully saturated rings. The van der Waals surface area contributed by atoms with E-state index in [-0.39, 0.29) is 0 Å². The SMILES string of the molecule is COc1ccc(-n2cc(-c3ccc(Cl)c(Cl)c3)nc2SCc2cccc(C#N)c2)cc1. The lowest BCUT2D eigenvalue weighted by Gasteiger charge is -2.08. The first-order valence-electron chi connectivity index (χ1n) is 9.38. The number of nitrogens with zero attached hydrogens (tertiary/aromatic N) is 3. The van der Waals surface area contributed by atoms with Gasteiger partial charge >= 0.3 is 0 Å². The zero-order valence-corrected chi connectivity index (χ0v) is 18.9. The predicted molar refractivity (Wildman–Crippen MR) is 126 cm³/mol. The van der Waals surface area contributed by atoms with Crippen LogP contribution in [0.3, 0.4) is 0 Å². The van der Waals surface area contributed by atoms with E-state index < -0.39 is 0 Å². The normalized spacial score (nSPS) is 10.6. The third-order valence-corrected chi connectivity index (χ3v) is 6.43. The van der Waals surface area contributed by atoms with Gasteiger partial charge in [0.2, 0.25) is 0 Å². The van der Waals surface area contributed by atoms with Crippen molar-refractivity contribution in [3.05, 3.63) is 94.1 Å². The summed E-state index contributed by atoms with van der Waals surface area (Å²) in [4.78, 5) is 4.86. The molecule has 7 heteroatoms. The fraction of sp³-hybridized carbons (Fsp3) is 0.0833. The maximum absolute atomic E-state index is 9.15. The predicted octanol–water partition coefficient (Wildman–Crippen LogP) is 7.02. The molecule has 1 aromatic heterocycles. The minimum atomic E-state index is 0.487. The Kier molecular flexibility index (Phi) is 6.53. The third-order valence-electron chi connectivity index (χ3n) is 4.66. The van der Waals surface area contributed by atoms with Crippen LogP contribution < -0.4 is 4.74 Å². The molecule has 0 saturated heterocycles. The first kappa shape index (κ1) is 21.3. The number of ether oxygens (including phenoxy) is 1. The maximum Gasteiger partial charge on any atom is 0.173 e. The summed E-state index contributed by atoms with van der Waals surface area (Å²) in [5, 5.41) is 11.0. The Labute approximate surface area is 195 Å². The number of imidazole rings is 1. The van der Waals surface area contributed by atoms with E-state index in [0.717, 1.165) is 33.4 Å². The highest BCUT2D eigenvalue weighted by molar-refractivity contribution is 7.98. The second kappa shape index (κ2) is 9.49. The summed E-state index contributed by atoms with van der Waals surface area (Å²) in [5.41, 5.74) is 4.35. The highest BCUT2D eigenvalue weighted by Gasteiger charge is 2.14. The molecular weight excluding hydrogens is 449 g/mol. The molecule has 0 atom stereocenters. The fourth-order valence-electron chi connectivity index (χ4n) is 3.07. The lowest BCUT2D eigenvalue weighted by Crippen LogP contribution is -1.95. The maximum atomic E-state index is 9.15. The van der Waals surface area contributed by atoms with Crippen LogP contribution in [0.4, 0.5) is 0 Å². The van der Waals surface area contributed by atoms with Gasteiger partial charge in [0.05, 0.1) is 34.5 Å². The Morgan fingerprint density at radius 1 is 1.03 bits per heavy atom. The second-order valence-corrected chi connectivity index (χ2v) is 8.46. The van der Waals surface area contributed by atoms with Crippen LogP contribution in [0, 0.1) is 11.3 Å². The lowest BCUT2D eigenvalue weighted by atomic mass is 10.2. The number of hydrogen-bond donors (Lipinski definition) is 0. The number of benzene rings is 3. The standard InChI is InChI=1S/C24H17Cl2N3OS/c1-30-20-8-6-19(7-9-20)29-14-23(18-5-10-21(25)22(26)12-18)28-24(29)31-15-17-4-2-3-16(11-17)13-27/h2-12,14H,15H2,1H3. The summed E-state index contributed by atoms with van der Waals surface area (Å²) in [6.45, 7) is 0. The Bertz CT molecular complexity index is 1260. The molecule has 0 bridgehead atoms. The van der Waals surface area contributed by atoms with Gasteiger partial charge in [-0.15, -0.1) is 0 Å².